The number of aliphatic hydroxyl groups excluding tert-OH is 3. The summed E-state index contributed by atoms with van der Waals surface area (Å²) in [5.41, 5.74) is 5.91. The molecule has 13 nitrogen and oxygen atoms in total. The van der Waals surface area contributed by atoms with Crippen molar-refractivity contribution in [3.05, 3.63) is 11.8 Å². The van der Waals surface area contributed by atoms with Crippen LogP contribution in [0.15, 0.2) is 16.8 Å². The molecule has 1 rings (SSSR count). The molecule has 0 aromatic carbocycles. The van der Waals surface area contributed by atoms with Crippen LogP contribution in [0.3, 0.4) is 0 Å². The Morgan fingerprint density at radius 1 is 1.09 bits per heavy atom. The summed E-state index contributed by atoms with van der Waals surface area (Å²) in [5.74, 6) is -2.18. The fraction of sp³-hybridized carbons (Fsp3) is 0.818. The predicted octanol–water partition coefficient (Wildman–Crippen LogP) is -1.55. The normalized spacial score (nSPS) is 22.3. The van der Waals surface area contributed by atoms with Crippen molar-refractivity contribution < 1.29 is 48.9 Å². The van der Waals surface area contributed by atoms with Gasteiger partial charge >= 0.3 is 5.97 Å². The summed E-state index contributed by atoms with van der Waals surface area (Å²) in [7, 11) is 0. The molecule has 0 radical (unpaired) electrons. The van der Waals surface area contributed by atoms with E-state index >= 15 is 0 Å². The molecule has 0 saturated heterocycles. The summed E-state index contributed by atoms with van der Waals surface area (Å²) in [6, 6.07) is -0.640. The molecule has 1 aliphatic heterocycles. The van der Waals surface area contributed by atoms with E-state index in [2.05, 4.69) is 17.2 Å². The van der Waals surface area contributed by atoms with Crippen LogP contribution in [-0.4, -0.2) is 123 Å². The number of aliphatic carboxylic acids is 1. The highest BCUT2D eigenvalue weighted by Gasteiger charge is 2.40. The standard InChI is InChI=1S/C22H41N3O10/c1-3-5-31-7-9-33-11-12-34-10-8-32-6-4-24-22(23)25-16-13-18(21(29)30)35-20(15(16)2)19(28)17(27)14-26/h13,15-17,19-20,26-28H,3-12,14H2,1-2H3,(H,29,30)(H3,23,24,25)/t15-,16+,17-,19-,20-/m1/s1. The van der Waals surface area contributed by atoms with Crippen LogP contribution < -0.4 is 11.1 Å². The van der Waals surface area contributed by atoms with E-state index in [0.717, 1.165) is 13.0 Å². The highest BCUT2D eigenvalue weighted by molar-refractivity contribution is 5.85. The topological polar surface area (TPSA) is 195 Å². The van der Waals surface area contributed by atoms with E-state index in [1.165, 1.54) is 6.08 Å². The number of hydrogen-bond donors (Lipinski definition) is 6. The van der Waals surface area contributed by atoms with Crippen molar-refractivity contribution in [1.29, 1.82) is 0 Å². The molecule has 0 unspecified atom stereocenters. The predicted molar refractivity (Wildman–Crippen MR) is 126 cm³/mol. The van der Waals surface area contributed by atoms with Gasteiger partial charge in [0.15, 0.2) is 5.96 Å². The first-order valence-electron chi connectivity index (χ1n) is 11.8. The molecule has 204 valence electrons. The van der Waals surface area contributed by atoms with E-state index in [1.54, 1.807) is 6.92 Å². The van der Waals surface area contributed by atoms with Crippen LogP contribution in [-0.2, 0) is 28.5 Å². The van der Waals surface area contributed by atoms with Crippen LogP contribution >= 0.6 is 0 Å². The zero-order valence-corrected chi connectivity index (χ0v) is 20.5. The lowest BCUT2D eigenvalue weighted by atomic mass is 9.87. The maximum atomic E-state index is 11.4. The van der Waals surface area contributed by atoms with E-state index in [9.17, 15) is 20.1 Å². The van der Waals surface area contributed by atoms with Gasteiger partial charge in [0.2, 0.25) is 5.76 Å². The maximum Gasteiger partial charge on any atom is 0.370 e. The maximum absolute atomic E-state index is 11.4. The number of guanidine groups is 1. The molecule has 0 saturated carbocycles. The van der Waals surface area contributed by atoms with Crippen LogP contribution in [0.25, 0.3) is 0 Å². The van der Waals surface area contributed by atoms with Crippen molar-refractivity contribution in [3.63, 3.8) is 0 Å². The third-order valence-corrected chi connectivity index (χ3v) is 5.10. The first-order valence-corrected chi connectivity index (χ1v) is 11.8. The summed E-state index contributed by atoms with van der Waals surface area (Å²) in [5, 5.41) is 41.2. The Morgan fingerprint density at radius 3 is 2.14 bits per heavy atom. The minimum absolute atomic E-state index is 0.0561. The lowest BCUT2D eigenvalue weighted by Gasteiger charge is -2.38. The van der Waals surface area contributed by atoms with Crippen molar-refractivity contribution in [2.24, 2.45) is 16.6 Å². The Labute approximate surface area is 205 Å². The van der Waals surface area contributed by atoms with Gasteiger partial charge in [-0.15, -0.1) is 0 Å². The monoisotopic (exact) mass is 507 g/mol. The molecule has 0 fully saturated rings. The fourth-order valence-corrected chi connectivity index (χ4v) is 3.17. The molecule has 7 N–H and O–H groups in total. The molecule has 1 aliphatic rings. The number of carboxylic acids is 1. The highest BCUT2D eigenvalue weighted by atomic mass is 16.6. The van der Waals surface area contributed by atoms with Crippen molar-refractivity contribution >= 4 is 11.9 Å². The van der Waals surface area contributed by atoms with Gasteiger partial charge in [0, 0.05) is 12.5 Å². The van der Waals surface area contributed by atoms with Crippen LogP contribution in [0.5, 0.6) is 0 Å². The number of nitrogens with one attached hydrogen (secondary N) is 1. The molecule has 1 heterocycles. The van der Waals surface area contributed by atoms with Gasteiger partial charge in [-0.05, 0) is 12.5 Å². The number of aliphatic hydroxyl groups is 3. The number of rotatable bonds is 19. The van der Waals surface area contributed by atoms with Gasteiger partial charge in [0.1, 0.15) is 18.3 Å². The quantitative estimate of drug-likeness (QED) is 0.0670. The van der Waals surface area contributed by atoms with E-state index in [4.69, 9.17) is 34.5 Å². The number of aliphatic imine (C=N–C) groups is 1. The zero-order chi connectivity index (χ0) is 26.1. The van der Waals surface area contributed by atoms with E-state index < -0.39 is 48.6 Å². The molecule has 5 atom stereocenters. The average Bonchev–Trinajstić information content (AvgIpc) is 2.84. The second kappa shape index (κ2) is 18.3. The number of hydrogen-bond acceptors (Lipinski definition) is 10. The van der Waals surface area contributed by atoms with E-state index in [1.807, 2.05) is 0 Å². The van der Waals surface area contributed by atoms with Crippen LogP contribution in [0.1, 0.15) is 20.3 Å². The zero-order valence-electron chi connectivity index (χ0n) is 20.5. The van der Waals surface area contributed by atoms with Crippen LogP contribution in [0.2, 0.25) is 0 Å². The summed E-state index contributed by atoms with van der Waals surface area (Å²) in [6.07, 6.45) is -1.76. The van der Waals surface area contributed by atoms with Gasteiger partial charge in [-0.3, -0.25) is 4.99 Å². The van der Waals surface area contributed by atoms with Gasteiger partial charge in [0.05, 0.1) is 65.4 Å². The molecule has 0 bridgehead atoms. The largest absolute Gasteiger partial charge is 0.480 e. The van der Waals surface area contributed by atoms with E-state index in [0.29, 0.717) is 46.2 Å². The van der Waals surface area contributed by atoms with Crippen molar-refractivity contribution in [2.75, 3.05) is 66.0 Å². The number of ether oxygens (including phenoxy) is 5. The number of nitrogens with two attached hydrogens (primary N) is 1. The first kappa shape index (κ1) is 31.0. The van der Waals surface area contributed by atoms with Gasteiger partial charge in [0.25, 0.3) is 0 Å². The van der Waals surface area contributed by atoms with Gasteiger partial charge in [-0.2, -0.15) is 0 Å². The summed E-state index contributed by atoms with van der Waals surface area (Å²) in [6.45, 7) is 7.22. The number of carboxylic acid groups (broad SMARTS) is 1. The van der Waals surface area contributed by atoms with Gasteiger partial charge in [-0.1, -0.05) is 13.8 Å². The van der Waals surface area contributed by atoms with Crippen molar-refractivity contribution in [3.8, 4) is 0 Å². The Hall–Kier alpha value is -2.00. The number of nitrogens with zero attached hydrogens (tertiary/aromatic N) is 1. The van der Waals surface area contributed by atoms with Crippen LogP contribution in [0.4, 0.5) is 0 Å². The molecule has 35 heavy (non-hydrogen) atoms. The second-order valence-corrected chi connectivity index (χ2v) is 7.90. The summed E-state index contributed by atoms with van der Waals surface area (Å²) >= 11 is 0. The molecular formula is C22H41N3O10. The molecule has 0 amide bonds. The van der Waals surface area contributed by atoms with Crippen molar-refractivity contribution in [1.82, 2.24) is 5.32 Å². The minimum atomic E-state index is -1.50. The Bertz CT molecular complexity index is 649. The van der Waals surface area contributed by atoms with Gasteiger partial charge < -0.3 is 55.2 Å². The fourth-order valence-electron chi connectivity index (χ4n) is 3.17. The SMILES string of the molecule is CCCOCCOCCOCCOCCN=C(N)N[C@H]1C=C(C(=O)O)O[C@@H]([C@H](O)[C@H](O)CO)[C@@H]1C. The molecule has 13 heteroatoms. The first-order chi connectivity index (χ1) is 16.8. The van der Waals surface area contributed by atoms with Gasteiger partial charge in [-0.25, -0.2) is 4.79 Å². The third-order valence-electron chi connectivity index (χ3n) is 5.10. The summed E-state index contributed by atoms with van der Waals surface area (Å²) < 4.78 is 26.8. The van der Waals surface area contributed by atoms with Crippen molar-refractivity contribution in [2.45, 2.75) is 44.6 Å². The highest BCUT2D eigenvalue weighted by Crippen LogP contribution is 2.27. The third kappa shape index (κ3) is 12.5. The van der Waals surface area contributed by atoms with E-state index in [-0.39, 0.29) is 12.5 Å². The lowest BCUT2D eigenvalue weighted by Crippen LogP contribution is -2.54. The Kier molecular flexibility index (Phi) is 16.2. The minimum Gasteiger partial charge on any atom is -0.480 e. The second-order valence-electron chi connectivity index (χ2n) is 7.90. The Balaban J connectivity index is 2.30. The molecule has 0 spiro atoms. The molecular weight excluding hydrogens is 466 g/mol. The van der Waals surface area contributed by atoms with Crippen LogP contribution in [0, 0.1) is 5.92 Å². The lowest BCUT2D eigenvalue weighted by molar-refractivity contribution is -0.147. The number of carbonyl (C=O) groups is 1. The Morgan fingerprint density at radius 2 is 1.63 bits per heavy atom. The summed E-state index contributed by atoms with van der Waals surface area (Å²) in [4.78, 5) is 15.6. The average molecular weight is 508 g/mol. The molecule has 0 aromatic heterocycles. The molecule has 0 aliphatic carbocycles. The molecule has 0 aromatic rings. The smallest absolute Gasteiger partial charge is 0.370 e.